The number of nitrogens with one attached hydrogen (secondary N) is 1. The highest BCUT2D eigenvalue weighted by Gasteiger charge is 2.30. The van der Waals surface area contributed by atoms with Crippen molar-refractivity contribution in [3.8, 4) is 0 Å². The average Bonchev–Trinajstić information content (AvgIpc) is 2.68. The molecule has 2 rings (SSSR count). The number of para-hydroxylation sites is 1. The van der Waals surface area contributed by atoms with E-state index < -0.39 is 27.8 Å². The first-order valence-electron chi connectivity index (χ1n) is 9.54. The van der Waals surface area contributed by atoms with Gasteiger partial charge >= 0.3 is 0 Å². The minimum absolute atomic E-state index is 0.152. The molecule has 0 bridgehead atoms. The molecule has 0 radical (unpaired) electrons. The van der Waals surface area contributed by atoms with Crippen LogP contribution in [0, 0.1) is 5.82 Å². The van der Waals surface area contributed by atoms with E-state index in [1.54, 1.807) is 0 Å². The molecule has 1 N–H and O–H groups in total. The number of amides is 1. The van der Waals surface area contributed by atoms with E-state index in [1.807, 2.05) is 24.3 Å². The van der Waals surface area contributed by atoms with Crippen molar-refractivity contribution in [2.45, 2.75) is 33.4 Å². The first kappa shape index (κ1) is 22.7. The molecule has 29 heavy (non-hydrogen) atoms. The van der Waals surface area contributed by atoms with Crippen molar-refractivity contribution in [3.63, 3.8) is 0 Å². The van der Waals surface area contributed by atoms with Crippen molar-refractivity contribution in [1.29, 1.82) is 0 Å². The molecule has 1 amide bonds. The van der Waals surface area contributed by atoms with Crippen LogP contribution in [0.15, 0.2) is 48.5 Å². The van der Waals surface area contributed by atoms with Crippen LogP contribution in [0.5, 0.6) is 0 Å². The molecular weight excluding hydrogens is 393 g/mol. The first-order chi connectivity index (χ1) is 13.7. The van der Waals surface area contributed by atoms with Crippen LogP contribution in [-0.2, 0) is 21.4 Å². The Kier molecular flexibility index (Phi) is 7.61. The van der Waals surface area contributed by atoms with Crippen molar-refractivity contribution in [3.05, 3.63) is 59.9 Å². The molecule has 0 fully saturated rings. The van der Waals surface area contributed by atoms with Crippen LogP contribution in [-0.4, -0.2) is 39.7 Å². The highest BCUT2D eigenvalue weighted by atomic mass is 32.2. The summed E-state index contributed by atoms with van der Waals surface area (Å²) in [7, 11) is -3.86. The van der Waals surface area contributed by atoms with Crippen LogP contribution >= 0.6 is 0 Å². The molecule has 0 aliphatic heterocycles. The summed E-state index contributed by atoms with van der Waals surface area (Å²) in [6.45, 7) is 7.66. The number of halogens is 1. The van der Waals surface area contributed by atoms with Crippen molar-refractivity contribution in [1.82, 2.24) is 5.32 Å². The smallest absolute Gasteiger partial charge is 0.243 e. The summed E-state index contributed by atoms with van der Waals surface area (Å²) < 4.78 is 39.4. The molecule has 2 aromatic carbocycles. The fourth-order valence-corrected chi connectivity index (χ4v) is 4.34. The lowest BCUT2D eigenvalue weighted by Crippen LogP contribution is -2.48. The minimum atomic E-state index is -3.86. The van der Waals surface area contributed by atoms with Crippen LogP contribution in [0.2, 0.25) is 0 Å². The second-order valence-electron chi connectivity index (χ2n) is 6.74. The molecule has 0 unspecified atom stereocenters. The molecule has 158 valence electrons. The highest BCUT2D eigenvalue weighted by molar-refractivity contribution is 7.92. The summed E-state index contributed by atoms with van der Waals surface area (Å²) in [6, 6.07) is 12.2. The Morgan fingerprint density at radius 3 is 2.17 bits per heavy atom. The number of hydrogen-bond acceptors (Lipinski definition) is 4. The number of sulfonamides is 1. The molecule has 8 heteroatoms. The Labute approximate surface area is 172 Å². The molecule has 1 atom stereocenters. The van der Waals surface area contributed by atoms with Gasteiger partial charge in [-0.15, -0.1) is 0 Å². The van der Waals surface area contributed by atoms with E-state index in [-0.39, 0.29) is 12.2 Å². The normalized spacial score (nSPS) is 12.3. The molecule has 0 aliphatic rings. The van der Waals surface area contributed by atoms with Gasteiger partial charge in [0, 0.05) is 25.3 Å². The fourth-order valence-electron chi connectivity index (χ4n) is 3.16. The molecule has 0 spiro atoms. The summed E-state index contributed by atoms with van der Waals surface area (Å²) in [5.41, 5.74) is 1.83. The van der Waals surface area contributed by atoms with Crippen molar-refractivity contribution in [2.24, 2.45) is 0 Å². The molecule has 0 aromatic heterocycles. The lowest BCUT2D eigenvalue weighted by molar-refractivity contribution is -0.122. The Morgan fingerprint density at radius 1 is 1.07 bits per heavy atom. The Hall–Kier alpha value is -2.61. The molecule has 0 saturated carbocycles. The number of carbonyl (C=O) groups excluding carboxylic acids is 1. The van der Waals surface area contributed by atoms with Crippen LogP contribution in [0.1, 0.15) is 26.3 Å². The second-order valence-corrected chi connectivity index (χ2v) is 8.60. The summed E-state index contributed by atoms with van der Waals surface area (Å²) in [5, 5.41) is 2.74. The highest BCUT2D eigenvalue weighted by Crippen LogP contribution is 2.24. The lowest BCUT2D eigenvalue weighted by Gasteiger charge is -2.28. The van der Waals surface area contributed by atoms with E-state index in [4.69, 9.17) is 0 Å². The van der Waals surface area contributed by atoms with E-state index in [9.17, 15) is 17.6 Å². The third-order valence-electron chi connectivity index (χ3n) is 4.71. The van der Waals surface area contributed by atoms with E-state index >= 15 is 0 Å². The van der Waals surface area contributed by atoms with Crippen LogP contribution in [0.25, 0.3) is 0 Å². The van der Waals surface area contributed by atoms with Crippen molar-refractivity contribution < 1.29 is 17.6 Å². The molecule has 6 nitrogen and oxygen atoms in total. The van der Waals surface area contributed by atoms with E-state index in [0.717, 1.165) is 41.0 Å². The van der Waals surface area contributed by atoms with Gasteiger partial charge in [0.1, 0.15) is 11.9 Å². The average molecular weight is 422 g/mol. The first-order valence-corrected chi connectivity index (χ1v) is 11.4. The number of nitrogens with zero attached hydrogens (tertiary/aromatic N) is 2. The Bertz CT molecular complexity index is 928. The fraction of sp³-hybridized carbons (Fsp3) is 0.381. The van der Waals surface area contributed by atoms with Gasteiger partial charge in [-0.05, 0) is 50.6 Å². The van der Waals surface area contributed by atoms with Gasteiger partial charge in [0.05, 0.1) is 11.9 Å². The predicted molar refractivity (Wildman–Crippen MR) is 115 cm³/mol. The minimum Gasteiger partial charge on any atom is -0.372 e. The zero-order valence-corrected chi connectivity index (χ0v) is 18.0. The van der Waals surface area contributed by atoms with Crippen LogP contribution < -0.4 is 14.5 Å². The maximum Gasteiger partial charge on any atom is 0.243 e. The molecular formula is C21H28FN3O3S. The topological polar surface area (TPSA) is 69.7 Å². The molecule has 0 aliphatic carbocycles. The summed E-state index contributed by atoms with van der Waals surface area (Å²) >= 11 is 0. The summed E-state index contributed by atoms with van der Waals surface area (Å²) in [4.78, 5) is 14.8. The zero-order chi connectivity index (χ0) is 21.6. The number of hydrogen-bond donors (Lipinski definition) is 1. The van der Waals surface area contributed by atoms with Gasteiger partial charge in [0.25, 0.3) is 0 Å². The predicted octanol–water partition coefficient (Wildman–Crippen LogP) is 3.14. The molecule has 0 heterocycles. The third-order valence-corrected chi connectivity index (χ3v) is 5.94. The standard InChI is InChI=1S/C21H28FN3O3S/c1-5-24(6-2)18-13-11-17(12-14-18)15-23-21(26)16(3)25(29(4,27)28)20-10-8-7-9-19(20)22/h7-14,16H,5-6,15H2,1-4H3,(H,23,26)/t16-/m1/s1. The summed E-state index contributed by atoms with van der Waals surface area (Å²) in [6.07, 6.45) is 0.954. The SMILES string of the molecule is CCN(CC)c1ccc(CNC(=O)[C@@H](C)N(c2ccccc2F)S(C)(=O)=O)cc1. The molecule has 2 aromatic rings. The van der Waals surface area contributed by atoms with Gasteiger partial charge in [-0.2, -0.15) is 0 Å². The van der Waals surface area contributed by atoms with E-state index in [1.165, 1.54) is 25.1 Å². The Balaban J connectivity index is 2.11. The molecule has 0 saturated heterocycles. The number of carbonyl (C=O) groups is 1. The van der Waals surface area contributed by atoms with E-state index in [2.05, 4.69) is 24.1 Å². The second kappa shape index (κ2) is 9.73. The van der Waals surface area contributed by atoms with Crippen LogP contribution in [0.3, 0.4) is 0 Å². The van der Waals surface area contributed by atoms with Crippen molar-refractivity contribution in [2.75, 3.05) is 28.6 Å². The van der Waals surface area contributed by atoms with Gasteiger partial charge in [-0.3, -0.25) is 9.10 Å². The van der Waals surface area contributed by atoms with Gasteiger partial charge in [-0.1, -0.05) is 24.3 Å². The van der Waals surface area contributed by atoms with Gasteiger partial charge < -0.3 is 10.2 Å². The third kappa shape index (κ3) is 5.69. The number of benzene rings is 2. The summed E-state index contributed by atoms with van der Waals surface area (Å²) in [5.74, 6) is -1.21. The monoisotopic (exact) mass is 421 g/mol. The van der Waals surface area contributed by atoms with Gasteiger partial charge in [0.15, 0.2) is 0 Å². The number of anilines is 2. The largest absolute Gasteiger partial charge is 0.372 e. The quantitative estimate of drug-likeness (QED) is 0.675. The lowest BCUT2D eigenvalue weighted by atomic mass is 10.2. The Morgan fingerprint density at radius 2 is 1.66 bits per heavy atom. The van der Waals surface area contributed by atoms with Gasteiger partial charge in [0.2, 0.25) is 15.9 Å². The maximum atomic E-state index is 14.2. The van der Waals surface area contributed by atoms with Gasteiger partial charge in [-0.25, -0.2) is 12.8 Å². The van der Waals surface area contributed by atoms with Crippen LogP contribution in [0.4, 0.5) is 15.8 Å². The van der Waals surface area contributed by atoms with E-state index in [0.29, 0.717) is 0 Å². The zero-order valence-electron chi connectivity index (χ0n) is 17.2. The van der Waals surface area contributed by atoms with Crippen molar-refractivity contribution >= 4 is 27.3 Å². The number of rotatable bonds is 9. The maximum absolute atomic E-state index is 14.2.